The molecule has 6 nitrogen and oxygen atoms in total. The van der Waals surface area contributed by atoms with Crippen molar-refractivity contribution in [3.8, 4) is 5.75 Å². The van der Waals surface area contributed by atoms with Crippen LogP contribution in [0.2, 0.25) is 0 Å². The largest absolute Gasteiger partial charge is 0.427 e. The molecule has 0 aliphatic heterocycles. The predicted octanol–water partition coefficient (Wildman–Crippen LogP) is 2.26. The van der Waals surface area contributed by atoms with Gasteiger partial charge in [0.05, 0.1) is 10.7 Å². The molecule has 0 saturated heterocycles. The number of halogens is 3. The fourth-order valence-corrected chi connectivity index (χ4v) is 2.15. The minimum Gasteiger partial charge on any atom is -0.427 e. The smallest absolute Gasteiger partial charge is 0.387 e. The van der Waals surface area contributed by atoms with Gasteiger partial charge in [-0.1, -0.05) is 6.07 Å². The molecule has 100 valence electrons. The predicted molar refractivity (Wildman–Crippen MR) is 58.2 cm³/mol. The Morgan fingerprint density at radius 2 is 2.06 bits per heavy atom. The van der Waals surface area contributed by atoms with E-state index in [0.717, 1.165) is 18.2 Å². The van der Waals surface area contributed by atoms with Gasteiger partial charge in [-0.05, 0) is 11.6 Å². The number of nitro groups is 1. The molecule has 10 heteroatoms. The Bertz CT molecular complexity index is 563. The first-order chi connectivity index (χ1) is 8.19. The fraction of sp³-hybridized carbons (Fsp3) is 0.250. The fourth-order valence-electron chi connectivity index (χ4n) is 1.19. The molecule has 1 rings (SSSR count). The highest BCUT2D eigenvalue weighted by Gasteiger charge is 2.20. The van der Waals surface area contributed by atoms with Crippen LogP contribution in [0.25, 0.3) is 0 Å². The Balaban J connectivity index is 3.15. The molecule has 0 aliphatic carbocycles. The van der Waals surface area contributed by atoms with E-state index in [1.807, 2.05) is 0 Å². The van der Waals surface area contributed by atoms with Crippen LogP contribution in [0, 0.1) is 10.1 Å². The van der Waals surface area contributed by atoms with Crippen LogP contribution in [0.15, 0.2) is 18.2 Å². The first-order valence-electron chi connectivity index (χ1n) is 4.33. The van der Waals surface area contributed by atoms with Crippen molar-refractivity contribution >= 4 is 25.4 Å². The van der Waals surface area contributed by atoms with E-state index in [2.05, 4.69) is 4.74 Å². The van der Waals surface area contributed by atoms with Gasteiger partial charge in [0.15, 0.2) is 0 Å². The van der Waals surface area contributed by atoms with Crippen LogP contribution >= 0.6 is 10.7 Å². The summed E-state index contributed by atoms with van der Waals surface area (Å²) in [7, 11) is 1.08. The Kier molecular flexibility index (Phi) is 4.41. The molecular weight excluding hydrogens is 296 g/mol. The minimum absolute atomic E-state index is 0.00156. The SMILES string of the molecule is O=[N+]([O-])c1cc(CS(=O)(=O)Cl)ccc1OC(F)F. The van der Waals surface area contributed by atoms with Crippen molar-refractivity contribution in [2.45, 2.75) is 12.4 Å². The zero-order chi connectivity index (χ0) is 13.9. The van der Waals surface area contributed by atoms with Crippen molar-refractivity contribution in [2.24, 2.45) is 0 Å². The molecule has 0 saturated carbocycles. The average Bonchev–Trinajstić information content (AvgIpc) is 2.17. The number of hydrogen-bond donors (Lipinski definition) is 0. The van der Waals surface area contributed by atoms with Gasteiger partial charge in [-0.25, -0.2) is 8.42 Å². The van der Waals surface area contributed by atoms with Gasteiger partial charge in [-0.15, -0.1) is 0 Å². The highest BCUT2D eigenvalue weighted by molar-refractivity contribution is 8.13. The topological polar surface area (TPSA) is 86.5 Å². The number of nitrogens with zero attached hydrogens (tertiary/aromatic N) is 1. The van der Waals surface area contributed by atoms with Crippen LogP contribution in [0.4, 0.5) is 14.5 Å². The van der Waals surface area contributed by atoms with Gasteiger partial charge in [0.2, 0.25) is 14.8 Å². The molecule has 0 heterocycles. The molecule has 0 radical (unpaired) electrons. The number of alkyl halides is 2. The highest BCUT2D eigenvalue weighted by Crippen LogP contribution is 2.30. The number of nitro benzene ring substituents is 1. The maximum absolute atomic E-state index is 12.0. The number of ether oxygens (including phenoxy) is 1. The van der Waals surface area contributed by atoms with E-state index < -0.39 is 37.8 Å². The van der Waals surface area contributed by atoms with Crippen LogP contribution in [-0.4, -0.2) is 20.0 Å². The van der Waals surface area contributed by atoms with Crippen molar-refractivity contribution in [3.05, 3.63) is 33.9 Å². The third-order valence-electron chi connectivity index (χ3n) is 1.78. The second-order valence-electron chi connectivity index (χ2n) is 3.12. The molecule has 0 atom stereocenters. The molecule has 0 bridgehead atoms. The summed E-state index contributed by atoms with van der Waals surface area (Å²) in [6, 6.07) is 2.81. The van der Waals surface area contributed by atoms with Gasteiger partial charge in [0.25, 0.3) is 0 Å². The van der Waals surface area contributed by atoms with E-state index in [1.165, 1.54) is 0 Å². The zero-order valence-electron chi connectivity index (χ0n) is 8.55. The van der Waals surface area contributed by atoms with E-state index in [4.69, 9.17) is 10.7 Å². The number of hydrogen-bond acceptors (Lipinski definition) is 5. The van der Waals surface area contributed by atoms with Gasteiger partial charge in [-0.3, -0.25) is 10.1 Å². The maximum Gasteiger partial charge on any atom is 0.387 e. The summed E-state index contributed by atoms with van der Waals surface area (Å²) in [4.78, 5) is 9.66. The lowest BCUT2D eigenvalue weighted by Crippen LogP contribution is -2.05. The summed E-state index contributed by atoms with van der Waals surface area (Å²) in [6.45, 7) is -3.22. The van der Waals surface area contributed by atoms with E-state index in [0.29, 0.717) is 0 Å². The molecule has 0 aromatic heterocycles. The Hall–Kier alpha value is -1.48. The second kappa shape index (κ2) is 5.44. The second-order valence-corrected chi connectivity index (χ2v) is 5.90. The normalized spacial score (nSPS) is 11.6. The zero-order valence-corrected chi connectivity index (χ0v) is 10.1. The third kappa shape index (κ3) is 4.41. The van der Waals surface area contributed by atoms with Crippen LogP contribution in [0.5, 0.6) is 5.75 Å². The van der Waals surface area contributed by atoms with Gasteiger partial charge < -0.3 is 4.74 Å². The average molecular weight is 302 g/mol. The van der Waals surface area contributed by atoms with E-state index in [-0.39, 0.29) is 5.56 Å². The summed E-state index contributed by atoms with van der Waals surface area (Å²) in [6.07, 6.45) is 0. The number of benzene rings is 1. The molecule has 0 amide bonds. The first-order valence-corrected chi connectivity index (χ1v) is 6.81. The molecular formula is C8H6ClF2NO5S. The summed E-state index contributed by atoms with van der Waals surface area (Å²) in [5.74, 6) is -1.30. The van der Waals surface area contributed by atoms with Crippen molar-refractivity contribution < 1.29 is 26.9 Å². The first kappa shape index (κ1) is 14.6. The van der Waals surface area contributed by atoms with Crippen molar-refractivity contribution in [2.75, 3.05) is 0 Å². The van der Waals surface area contributed by atoms with Crippen LogP contribution in [-0.2, 0) is 14.8 Å². The Labute approximate surface area is 105 Å². The molecule has 0 fully saturated rings. The molecule has 1 aromatic rings. The van der Waals surface area contributed by atoms with E-state index in [9.17, 15) is 27.3 Å². The summed E-state index contributed by atoms with van der Waals surface area (Å²) < 4.78 is 49.5. The molecule has 1 aromatic carbocycles. The van der Waals surface area contributed by atoms with Crippen LogP contribution in [0.3, 0.4) is 0 Å². The van der Waals surface area contributed by atoms with Crippen molar-refractivity contribution in [1.29, 1.82) is 0 Å². The van der Waals surface area contributed by atoms with Crippen molar-refractivity contribution in [1.82, 2.24) is 0 Å². The highest BCUT2D eigenvalue weighted by atomic mass is 35.7. The molecule has 0 unspecified atom stereocenters. The lowest BCUT2D eigenvalue weighted by atomic mass is 10.2. The van der Waals surface area contributed by atoms with Gasteiger partial charge in [0, 0.05) is 16.7 Å². The maximum atomic E-state index is 12.0. The molecule has 0 aliphatic rings. The number of rotatable bonds is 5. The summed E-state index contributed by atoms with van der Waals surface area (Å²) in [5.41, 5.74) is -0.758. The molecule has 18 heavy (non-hydrogen) atoms. The molecule has 0 N–H and O–H groups in total. The molecule has 0 spiro atoms. The van der Waals surface area contributed by atoms with E-state index >= 15 is 0 Å². The Morgan fingerprint density at radius 1 is 1.44 bits per heavy atom. The monoisotopic (exact) mass is 301 g/mol. The standard InChI is InChI=1S/C8H6ClF2NO5S/c9-18(15,16)4-5-1-2-7(17-8(10)11)6(3-5)12(13)14/h1-3,8H,4H2. The van der Waals surface area contributed by atoms with Crippen LogP contribution in [0.1, 0.15) is 5.56 Å². The van der Waals surface area contributed by atoms with E-state index in [1.54, 1.807) is 0 Å². The summed E-state index contributed by atoms with van der Waals surface area (Å²) >= 11 is 0. The van der Waals surface area contributed by atoms with Gasteiger partial charge in [-0.2, -0.15) is 8.78 Å². The lowest BCUT2D eigenvalue weighted by molar-refractivity contribution is -0.386. The lowest BCUT2D eigenvalue weighted by Gasteiger charge is -2.06. The minimum atomic E-state index is -3.89. The van der Waals surface area contributed by atoms with Crippen LogP contribution < -0.4 is 4.74 Å². The van der Waals surface area contributed by atoms with Gasteiger partial charge >= 0.3 is 12.3 Å². The van der Waals surface area contributed by atoms with Crippen molar-refractivity contribution in [3.63, 3.8) is 0 Å². The van der Waals surface area contributed by atoms with Gasteiger partial charge in [0.1, 0.15) is 0 Å². The third-order valence-corrected chi connectivity index (χ3v) is 2.78. The summed E-state index contributed by atoms with van der Waals surface area (Å²) in [5, 5.41) is 10.6. The quantitative estimate of drug-likeness (QED) is 0.473. The Morgan fingerprint density at radius 3 is 2.50 bits per heavy atom.